The molecule has 2 N–H and O–H groups in total. The number of anilines is 2. The van der Waals surface area contributed by atoms with Crippen molar-refractivity contribution >= 4 is 34.8 Å². The molecule has 1 aliphatic rings. The minimum Gasteiger partial charge on any atom is -0.326 e. The molecule has 3 rings (SSSR count). The second kappa shape index (κ2) is 9.05. The Morgan fingerprint density at radius 1 is 0.889 bits per heavy atom. The highest BCUT2D eigenvalue weighted by molar-refractivity contribution is 6.30. The molecular weight excluding hydrogens is 360 g/mol. The van der Waals surface area contributed by atoms with E-state index >= 15 is 0 Å². The first-order valence-electron chi connectivity index (χ1n) is 9.42. The number of benzene rings is 2. The lowest BCUT2D eigenvalue weighted by atomic mass is 9.77. The van der Waals surface area contributed by atoms with Gasteiger partial charge < -0.3 is 10.6 Å². The van der Waals surface area contributed by atoms with Crippen LogP contribution in [0.25, 0.3) is 0 Å². The molecule has 142 valence electrons. The molecule has 0 saturated heterocycles. The van der Waals surface area contributed by atoms with Gasteiger partial charge in [0.1, 0.15) is 0 Å². The van der Waals surface area contributed by atoms with Gasteiger partial charge in [0.05, 0.1) is 0 Å². The molecule has 0 heterocycles. The number of carbonyl (C=O) groups excluding carboxylic acids is 2. The second-order valence-corrected chi connectivity index (χ2v) is 7.72. The Kier molecular flexibility index (Phi) is 6.51. The molecule has 0 spiro atoms. The molecule has 0 atom stereocenters. The molecule has 0 bridgehead atoms. The van der Waals surface area contributed by atoms with Crippen LogP contribution in [0.2, 0.25) is 5.02 Å². The summed E-state index contributed by atoms with van der Waals surface area (Å²) in [5.41, 5.74) is 2.93. The van der Waals surface area contributed by atoms with E-state index in [1.54, 1.807) is 12.1 Å². The van der Waals surface area contributed by atoms with Crippen molar-refractivity contribution in [3.05, 3.63) is 59.1 Å². The summed E-state index contributed by atoms with van der Waals surface area (Å²) < 4.78 is 0. The van der Waals surface area contributed by atoms with Gasteiger partial charge in [0, 0.05) is 29.7 Å². The van der Waals surface area contributed by atoms with E-state index in [-0.39, 0.29) is 11.8 Å². The number of halogens is 1. The van der Waals surface area contributed by atoms with Gasteiger partial charge in [0.2, 0.25) is 11.8 Å². The van der Waals surface area contributed by atoms with E-state index in [4.69, 9.17) is 11.6 Å². The molecule has 0 radical (unpaired) electrons. The van der Waals surface area contributed by atoms with Crippen molar-refractivity contribution in [3.63, 3.8) is 0 Å². The van der Waals surface area contributed by atoms with Gasteiger partial charge in [0.25, 0.3) is 0 Å². The Balaban J connectivity index is 1.46. The quantitative estimate of drug-likeness (QED) is 0.704. The van der Waals surface area contributed by atoms with E-state index in [0.29, 0.717) is 23.3 Å². The maximum Gasteiger partial charge on any atom is 0.224 e. The van der Waals surface area contributed by atoms with Crippen LogP contribution < -0.4 is 10.6 Å². The third-order valence-electron chi connectivity index (χ3n) is 5.15. The molecule has 2 amide bonds. The van der Waals surface area contributed by atoms with Crippen molar-refractivity contribution < 1.29 is 9.59 Å². The van der Waals surface area contributed by atoms with Crippen LogP contribution in [-0.2, 0) is 9.59 Å². The van der Waals surface area contributed by atoms with Crippen LogP contribution in [0.4, 0.5) is 11.4 Å². The summed E-state index contributed by atoms with van der Waals surface area (Å²) in [6, 6.07) is 15.3. The summed E-state index contributed by atoms with van der Waals surface area (Å²) in [6.45, 7) is 1.51. The van der Waals surface area contributed by atoms with Crippen LogP contribution in [0.1, 0.15) is 50.5 Å². The van der Waals surface area contributed by atoms with Gasteiger partial charge in [-0.15, -0.1) is 0 Å². The van der Waals surface area contributed by atoms with Crippen molar-refractivity contribution in [2.24, 2.45) is 5.92 Å². The standard InChI is InChI=1S/C22H25ClN2O2/c1-15(26)24-20-10-6-18(7-11-20)17-4-2-16(3-5-17)14-22(27)25-21-12-8-19(23)9-13-21/h6-13,16-17H,2-5,14H2,1H3,(H,24,26)(H,25,27). The Bertz CT molecular complexity index is 779. The van der Waals surface area contributed by atoms with Gasteiger partial charge in [-0.2, -0.15) is 0 Å². The van der Waals surface area contributed by atoms with Crippen molar-refractivity contribution in [2.75, 3.05) is 10.6 Å². The molecule has 1 aliphatic carbocycles. The van der Waals surface area contributed by atoms with Gasteiger partial charge >= 0.3 is 0 Å². The molecule has 0 aromatic heterocycles. The van der Waals surface area contributed by atoms with E-state index in [9.17, 15) is 9.59 Å². The number of nitrogens with one attached hydrogen (secondary N) is 2. The summed E-state index contributed by atoms with van der Waals surface area (Å²) in [4.78, 5) is 23.4. The molecule has 27 heavy (non-hydrogen) atoms. The fourth-order valence-corrected chi connectivity index (χ4v) is 3.88. The largest absolute Gasteiger partial charge is 0.326 e. The number of carbonyl (C=O) groups is 2. The van der Waals surface area contributed by atoms with Gasteiger partial charge in [-0.1, -0.05) is 23.7 Å². The van der Waals surface area contributed by atoms with Crippen molar-refractivity contribution in [3.8, 4) is 0 Å². The van der Waals surface area contributed by atoms with Gasteiger partial charge in [-0.05, 0) is 79.5 Å². The Labute approximate surface area is 165 Å². The second-order valence-electron chi connectivity index (χ2n) is 7.28. The van der Waals surface area contributed by atoms with Crippen LogP contribution in [-0.4, -0.2) is 11.8 Å². The van der Waals surface area contributed by atoms with Crippen molar-refractivity contribution in [2.45, 2.75) is 44.9 Å². The monoisotopic (exact) mass is 384 g/mol. The summed E-state index contributed by atoms with van der Waals surface area (Å²) in [5.74, 6) is 0.986. The maximum absolute atomic E-state index is 12.3. The predicted octanol–water partition coefficient (Wildman–Crippen LogP) is 5.60. The summed E-state index contributed by atoms with van der Waals surface area (Å²) in [5, 5.41) is 6.41. The fraction of sp³-hybridized carbons (Fsp3) is 0.364. The lowest BCUT2D eigenvalue weighted by Gasteiger charge is -2.28. The lowest BCUT2D eigenvalue weighted by Crippen LogP contribution is -2.20. The summed E-state index contributed by atoms with van der Waals surface area (Å²) in [6.07, 6.45) is 4.88. The SMILES string of the molecule is CC(=O)Nc1ccc(C2CCC(CC(=O)Nc3ccc(Cl)cc3)CC2)cc1. The highest BCUT2D eigenvalue weighted by atomic mass is 35.5. The van der Waals surface area contributed by atoms with Crippen LogP contribution >= 0.6 is 11.6 Å². The number of rotatable bonds is 5. The topological polar surface area (TPSA) is 58.2 Å². The zero-order valence-electron chi connectivity index (χ0n) is 15.5. The average molecular weight is 385 g/mol. The normalized spacial score (nSPS) is 19.3. The molecule has 0 aliphatic heterocycles. The molecule has 0 unspecified atom stereocenters. The molecule has 2 aromatic rings. The highest BCUT2D eigenvalue weighted by Crippen LogP contribution is 2.37. The van der Waals surface area contributed by atoms with E-state index in [0.717, 1.165) is 37.1 Å². The lowest BCUT2D eigenvalue weighted by molar-refractivity contribution is -0.117. The Hall–Kier alpha value is -2.33. The van der Waals surface area contributed by atoms with E-state index in [2.05, 4.69) is 22.8 Å². The first-order valence-corrected chi connectivity index (χ1v) is 9.80. The van der Waals surface area contributed by atoms with Crippen LogP contribution in [0.5, 0.6) is 0 Å². The molecule has 2 aromatic carbocycles. The molecule has 1 saturated carbocycles. The average Bonchev–Trinajstić information content (AvgIpc) is 2.64. The zero-order chi connectivity index (χ0) is 19.2. The minimum absolute atomic E-state index is 0.0554. The fourth-order valence-electron chi connectivity index (χ4n) is 3.75. The predicted molar refractivity (Wildman–Crippen MR) is 110 cm³/mol. The number of hydrogen-bond acceptors (Lipinski definition) is 2. The van der Waals surface area contributed by atoms with Crippen molar-refractivity contribution in [1.29, 1.82) is 0 Å². The number of hydrogen-bond donors (Lipinski definition) is 2. The minimum atomic E-state index is -0.0554. The summed E-state index contributed by atoms with van der Waals surface area (Å²) >= 11 is 5.87. The Morgan fingerprint density at radius 2 is 1.44 bits per heavy atom. The van der Waals surface area contributed by atoms with Crippen LogP contribution in [0.3, 0.4) is 0 Å². The summed E-state index contributed by atoms with van der Waals surface area (Å²) in [7, 11) is 0. The third-order valence-corrected chi connectivity index (χ3v) is 5.40. The first-order chi connectivity index (χ1) is 13.0. The maximum atomic E-state index is 12.3. The third kappa shape index (κ3) is 5.83. The number of amides is 2. The molecule has 1 fully saturated rings. The van der Waals surface area contributed by atoms with Crippen LogP contribution in [0, 0.1) is 5.92 Å². The molecule has 4 nitrogen and oxygen atoms in total. The first kappa shape index (κ1) is 19.4. The smallest absolute Gasteiger partial charge is 0.224 e. The van der Waals surface area contributed by atoms with E-state index in [1.807, 2.05) is 24.3 Å². The molecule has 5 heteroatoms. The van der Waals surface area contributed by atoms with E-state index in [1.165, 1.54) is 12.5 Å². The molecular formula is C22H25ClN2O2. The Morgan fingerprint density at radius 3 is 2.04 bits per heavy atom. The van der Waals surface area contributed by atoms with Crippen LogP contribution in [0.15, 0.2) is 48.5 Å². The van der Waals surface area contributed by atoms with Gasteiger partial charge in [-0.3, -0.25) is 9.59 Å². The van der Waals surface area contributed by atoms with Gasteiger partial charge in [-0.25, -0.2) is 0 Å². The van der Waals surface area contributed by atoms with Gasteiger partial charge in [0.15, 0.2) is 0 Å². The van der Waals surface area contributed by atoms with Crippen molar-refractivity contribution in [1.82, 2.24) is 0 Å². The van der Waals surface area contributed by atoms with E-state index < -0.39 is 0 Å². The highest BCUT2D eigenvalue weighted by Gasteiger charge is 2.24. The zero-order valence-corrected chi connectivity index (χ0v) is 16.3.